The molecule has 1 saturated heterocycles. The molecule has 8 nitrogen and oxygen atoms in total. The minimum atomic E-state index is -1.06. The molecular weight excluding hydrogens is 440 g/mol. The van der Waals surface area contributed by atoms with E-state index in [1.165, 1.54) is 12.1 Å². The second-order valence-electron chi connectivity index (χ2n) is 8.29. The Morgan fingerprint density at radius 3 is 2.71 bits per heavy atom. The van der Waals surface area contributed by atoms with Crippen molar-refractivity contribution in [2.75, 3.05) is 18.9 Å². The maximum Gasteiger partial charge on any atom is 0.190 e. The van der Waals surface area contributed by atoms with E-state index in [0.29, 0.717) is 5.56 Å². The highest BCUT2D eigenvalue weighted by molar-refractivity contribution is 5.76. The predicted molar refractivity (Wildman–Crippen MR) is 123 cm³/mol. The van der Waals surface area contributed by atoms with Gasteiger partial charge in [-0.25, -0.2) is 13.8 Å². The number of tetrazole rings is 1. The van der Waals surface area contributed by atoms with Crippen molar-refractivity contribution < 1.29 is 13.9 Å². The summed E-state index contributed by atoms with van der Waals surface area (Å²) >= 11 is 0. The molecule has 1 aliphatic rings. The zero-order chi connectivity index (χ0) is 23.7. The van der Waals surface area contributed by atoms with Crippen LogP contribution in [-0.4, -0.2) is 54.4 Å². The number of halogens is 2. The lowest BCUT2D eigenvalue weighted by atomic mass is 10.0. The molecule has 0 amide bonds. The highest BCUT2D eigenvalue weighted by atomic mass is 19.2. The van der Waals surface area contributed by atoms with Gasteiger partial charge >= 0.3 is 0 Å². The molecule has 2 aromatic heterocycles. The summed E-state index contributed by atoms with van der Waals surface area (Å²) in [6.07, 6.45) is 3.77. The smallest absolute Gasteiger partial charge is 0.190 e. The van der Waals surface area contributed by atoms with E-state index in [4.69, 9.17) is 5.73 Å². The van der Waals surface area contributed by atoms with Gasteiger partial charge in [0.05, 0.1) is 12.2 Å². The van der Waals surface area contributed by atoms with Crippen molar-refractivity contribution in [1.82, 2.24) is 30.1 Å². The highest BCUT2D eigenvalue weighted by Crippen LogP contribution is 2.30. The van der Waals surface area contributed by atoms with Gasteiger partial charge < -0.3 is 10.8 Å². The van der Waals surface area contributed by atoms with Gasteiger partial charge in [-0.2, -0.15) is 4.68 Å². The van der Waals surface area contributed by atoms with E-state index in [-0.39, 0.29) is 30.0 Å². The van der Waals surface area contributed by atoms with Crippen molar-refractivity contribution in [2.24, 2.45) is 0 Å². The fraction of sp³-hybridized carbons (Fsp3) is 0.250. The number of nitrogens with zero attached hydrogens (tertiary/aromatic N) is 6. The first kappa shape index (κ1) is 22.1. The van der Waals surface area contributed by atoms with Gasteiger partial charge in [0, 0.05) is 24.3 Å². The maximum atomic E-state index is 14.4. The Morgan fingerprint density at radius 1 is 1.09 bits per heavy atom. The molecule has 0 radical (unpaired) electrons. The van der Waals surface area contributed by atoms with Crippen LogP contribution in [-0.2, 0) is 6.54 Å². The van der Waals surface area contributed by atoms with E-state index < -0.39 is 11.6 Å². The number of hydrogen-bond donors (Lipinski definition) is 2. The van der Waals surface area contributed by atoms with Gasteiger partial charge in [0.1, 0.15) is 11.5 Å². The Hall–Kier alpha value is -3.76. The second-order valence-corrected chi connectivity index (χ2v) is 8.29. The van der Waals surface area contributed by atoms with Crippen LogP contribution in [0.5, 0.6) is 0 Å². The first-order valence-electron chi connectivity index (χ1n) is 11.0. The third-order valence-electron chi connectivity index (χ3n) is 6.17. The molecule has 1 atom stereocenters. The Kier molecular flexibility index (Phi) is 5.99. The van der Waals surface area contributed by atoms with Crippen LogP contribution in [0.2, 0.25) is 0 Å². The molecule has 0 bridgehead atoms. The van der Waals surface area contributed by atoms with Gasteiger partial charge in [-0.15, -0.1) is 5.10 Å². The largest absolute Gasteiger partial charge is 0.395 e. The second kappa shape index (κ2) is 9.24. The zero-order valence-electron chi connectivity index (χ0n) is 18.3. The Bertz CT molecular complexity index is 1310. The van der Waals surface area contributed by atoms with E-state index in [2.05, 4.69) is 25.4 Å². The number of aliphatic hydroxyl groups excluding tert-OH is 1. The van der Waals surface area contributed by atoms with Crippen molar-refractivity contribution >= 4 is 5.82 Å². The Morgan fingerprint density at radius 2 is 1.91 bits per heavy atom. The first-order chi connectivity index (χ1) is 16.5. The van der Waals surface area contributed by atoms with Crippen LogP contribution in [0.15, 0.2) is 54.7 Å². The number of nitrogen functional groups attached to an aromatic ring is 1. The molecule has 0 spiro atoms. The lowest BCUT2D eigenvalue weighted by Crippen LogP contribution is -2.31. The summed E-state index contributed by atoms with van der Waals surface area (Å²) in [6.45, 7) is 1.94. The summed E-state index contributed by atoms with van der Waals surface area (Å²) < 4.78 is 29.2. The summed E-state index contributed by atoms with van der Waals surface area (Å²) in [5, 5.41) is 21.0. The number of likely N-dealkylation sites (tertiary alicyclic amines) is 1. The average molecular weight is 463 g/mol. The van der Waals surface area contributed by atoms with Gasteiger partial charge in [0.15, 0.2) is 17.5 Å². The quantitative estimate of drug-likeness (QED) is 0.452. The number of pyridine rings is 1. The van der Waals surface area contributed by atoms with E-state index in [0.717, 1.165) is 53.4 Å². The van der Waals surface area contributed by atoms with Crippen molar-refractivity contribution in [3.63, 3.8) is 0 Å². The normalized spacial score (nSPS) is 16.3. The summed E-state index contributed by atoms with van der Waals surface area (Å²) in [5.74, 6) is -1.75. The molecule has 1 fully saturated rings. The van der Waals surface area contributed by atoms with Crippen molar-refractivity contribution in [1.29, 1.82) is 0 Å². The molecule has 0 saturated carbocycles. The first-order valence-corrected chi connectivity index (χ1v) is 11.0. The minimum absolute atomic E-state index is 0.128. The van der Waals surface area contributed by atoms with Gasteiger partial charge in [0.2, 0.25) is 0 Å². The van der Waals surface area contributed by atoms with E-state index in [1.807, 2.05) is 24.3 Å². The van der Waals surface area contributed by atoms with Gasteiger partial charge in [-0.3, -0.25) is 4.90 Å². The van der Waals surface area contributed by atoms with Crippen molar-refractivity contribution in [3.8, 4) is 28.2 Å². The molecule has 5 rings (SSSR count). The Balaban J connectivity index is 1.45. The van der Waals surface area contributed by atoms with Crippen LogP contribution in [0.3, 0.4) is 0 Å². The number of aliphatic hydroxyl groups is 1. The van der Waals surface area contributed by atoms with Crippen LogP contribution in [0.4, 0.5) is 14.6 Å². The van der Waals surface area contributed by atoms with Crippen LogP contribution < -0.4 is 5.73 Å². The van der Waals surface area contributed by atoms with E-state index in [1.54, 1.807) is 12.3 Å². The molecule has 4 aromatic rings. The molecule has 0 aliphatic carbocycles. The number of aromatic nitrogens is 5. The van der Waals surface area contributed by atoms with Gasteiger partial charge in [0.25, 0.3) is 0 Å². The lowest BCUT2D eigenvalue weighted by molar-refractivity contribution is 0.153. The number of anilines is 1. The fourth-order valence-electron chi connectivity index (χ4n) is 4.33. The highest BCUT2D eigenvalue weighted by Gasteiger charge is 2.23. The number of nitrogens with two attached hydrogens (primary N) is 1. The molecule has 2 aromatic carbocycles. The van der Waals surface area contributed by atoms with Crippen LogP contribution in [0, 0.1) is 11.6 Å². The average Bonchev–Trinajstić information content (AvgIpc) is 3.51. The fourth-order valence-corrected chi connectivity index (χ4v) is 4.33. The molecule has 10 heteroatoms. The Labute approximate surface area is 194 Å². The molecule has 3 heterocycles. The summed E-state index contributed by atoms with van der Waals surface area (Å²) in [5.41, 5.74) is 9.21. The van der Waals surface area contributed by atoms with Crippen LogP contribution in [0.25, 0.3) is 28.2 Å². The van der Waals surface area contributed by atoms with Crippen molar-refractivity contribution in [2.45, 2.75) is 25.4 Å². The molecular formula is C24H23F2N7O. The molecule has 174 valence electrons. The molecule has 34 heavy (non-hydrogen) atoms. The van der Waals surface area contributed by atoms with Gasteiger partial charge in [-0.1, -0.05) is 30.3 Å². The summed E-state index contributed by atoms with van der Waals surface area (Å²) in [4.78, 5) is 6.57. The van der Waals surface area contributed by atoms with Gasteiger partial charge in [-0.05, 0) is 59.1 Å². The number of rotatable bonds is 6. The summed E-state index contributed by atoms with van der Waals surface area (Å²) in [6, 6.07) is 13.9. The lowest BCUT2D eigenvalue weighted by Gasteiger charge is -2.22. The monoisotopic (exact) mass is 463 g/mol. The molecule has 1 unspecified atom stereocenters. The summed E-state index contributed by atoms with van der Waals surface area (Å²) in [7, 11) is 0. The topological polar surface area (TPSA) is 106 Å². The van der Waals surface area contributed by atoms with Crippen LogP contribution >= 0.6 is 0 Å². The minimum Gasteiger partial charge on any atom is -0.395 e. The third kappa shape index (κ3) is 4.13. The van der Waals surface area contributed by atoms with Crippen LogP contribution in [0.1, 0.15) is 18.4 Å². The molecule has 3 N–H and O–H groups in total. The van der Waals surface area contributed by atoms with Crippen molar-refractivity contribution in [3.05, 3.63) is 71.9 Å². The SMILES string of the molecule is Nc1ncc(-c2ccc(CN3CCCC3CO)cc2)cc1-c1nnnn1-c1cccc(F)c1F. The third-order valence-corrected chi connectivity index (χ3v) is 6.17. The maximum absolute atomic E-state index is 14.4. The van der Waals surface area contributed by atoms with E-state index >= 15 is 0 Å². The number of hydrogen-bond acceptors (Lipinski definition) is 7. The van der Waals surface area contributed by atoms with E-state index in [9.17, 15) is 13.9 Å². The zero-order valence-corrected chi connectivity index (χ0v) is 18.3. The standard InChI is InChI=1S/C24H23F2N7O/c25-20-4-1-5-21(22(20)26)33-24(29-30-31-33)19-11-17(12-28-23(19)27)16-8-6-15(7-9-16)13-32-10-2-3-18(32)14-34/h1,4-9,11-12,18,34H,2-3,10,13-14H2,(H2,27,28). The predicted octanol–water partition coefficient (Wildman–Crippen LogP) is 3.21. The number of benzene rings is 2. The molecule has 1 aliphatic heterocycles.